The molecular weight excluding hydrogens is 536 g/mol. The molecule has 3 heterocycles. The normalized spacial score (nSPS) is 15.4. The number of carbonyl (C=O) groups is 2. The predicted molar refractivity (Wildman–Crippen MR) is 162 cm³/mol. The smallest absolute Gasteiger partial charge is 0.274 e. The van der Waals surface area contributed by atoms with E-state index < -0.39 is 5.91 Å². The van der Waals surface area contributed by atoms with Crippen molar-refractivity contribution in [3.63, 3.8) is 0 Å². The molecule has 0 atom stereocenters. The van der Waals surface area contributed by atoms with E-state index in [-0.39, 0.29) is 24.0 Å². The molecule has 220 valence electrons. The first-order valence-corrected chi connectivity index (χ1v) is 13.8. The predicted octanol–water partition coefficient (Wildman–Crippen LogP) is 2.07. The molecule has 12 heteroatoms. The second-order valence-electron chi connectivity index (χ2n) is 9.87. The molecule has 0 bridgehead atoms. The van der Waals surface area contributed by atoms with Gasteiger partial charge in [0.1, 0.15) is 17.3 Å². The maximum absolute atomic E-state index is 13.5. The molecule has 42 heavy (non-hydrogen) atoms. The van der Waals surface area contributed by atoms with Crippen molar-refractivity contribution >= 4 is 40.0 Å². The minimum absolute atomic E-state index is 0.0563. The Bertz CT molecular complexity index is 1460. The molecule has 12 nitrogen and oxygen atoms in total. The number of amides is 2. The fraction of sp³-hybridized carbons (Fsp3) is 0.367. The summed E-state index contributed by atoms with van der Waals surface area (Å²) in [5, 5.41) is 31.4. The van der Waals surface area contributed by atoms with Crippen molar-refractivity contribution in [2.75, 3.05) is 80.6 Å². The number of piperazine rings is 2. The van der Waals surface area contributed by atoms with Crippen LogP contribution in [0.25, 0.3) is 10.8 Å². The molecule has 2 fully saturated rings. The average Bonchev–Trinajstić information content (AvgIpc) is 3.01. The summed E-state index contributed by atoms with van der Waals surface area (Å²) in [6.45, 7) is 10.8. The van der Waals surface area contributed by atoms with Crippen LogP contribution < -0.4 is 15.1 Å². The number of nitriles is 1. The summed E-state index contributed by atoms with van der Waals surface area (Å²) in [5.74, 6) is 0.633. The maximum atomic E-state index is 13.5. The number of hydrogen-bond donors (Lipinski definition) is 3. The average molecular weight is 573 g/mol. The van der Waals surface area contributed by atoms with E-state index >= 15 is 0 Å². The van der Waals surface area contributed by atoms with Crippen LogP contribution in [0.3, 0.4) is 0 Å². The largest absolute Gasteiger partial charge is 0.508 e. The van der Waals surface area contributed by atoms with Crippen LogP contribution in [0.5, 0.6) is 5.75 Å². The molecule has 0 radical (unpaired) electrons. The van der Waals surface area contributed by atoms with E-state index in [1.807, 2.05) is 24.3 Å². The van der Waals surface area contributed by atoms with Crippen molar-refractivity contribution in [1.82, 2.24) is 19.8 Å². The number of phenols is 1. The topological polar surface area (TPSA) is 149 Å². The Morgan fingerprint density at radius 1 is 1.02 bits per heavy atom. The maximum Gasteiger partial charge on any atom is 0.274 e. The molecule has 2 aliphatic heterocycles. The van der Waals surface area contributed by atoms with Gasteiger partial charge in [-0.3, -0.25) is 14.5 Å². The lowest BCUT2D eigenvalue weighted by atomic mass is 10.1. The van der Waals surface area contributed by atoms with E-state index in [0.29, 0.717) is 63.3 Å². The van der Waals surface area contributed by atoms with Crippen molar-refractivity contribution in [3.8, 4) is 11.8 Å². The summed E-state index contributed by atoms with van der Waals surface area (Å²) in [4.78, 5) is 43.1. The number of phenolic OH excluding ortho intramolecular Hbond substituents is 1. The van der Waals surface area contributed by atoms with E-state index in [4.69, 9.17) is 10.2 Å². The number of hydrogen-bond acceptors (Lipinski definition) is 10. The Kier molecular flexibility index (Phi) is 10.3. The number of nitrogens with zero attached hydrogens (tertiary/aromatic N) is 7. The SMILES string of the molecule is C=CC(=O)N1CCN(c2cc(C(=O)Nc3cc(O)cc4ccccc34)nc(N3CCN(CCO)CC3)n2)CC1.CC#N. The molecular formula is C30H36N8O4. The third kappa shape index (κ3) is 7.31. The number of aromatic nitrogens is 2. The number of aliphatic hydroxyl groups excluding tert-OH is 1. The van der Waals surface area contributed by atoms with Gasteiger partial charge in [0, 0.05) is 83.3 Å². The van der Waals surface area contributed by atoms with Crippen LogP contribution in [0, 0.1) is 11.3 Å². The van der Waals surface area contributed by atoms with Gasteiger partial charge in [0.15, 0.2) is 0 Å². The zero-order valence-electron chi connectivity index (χ0n) is 23.7. The van der Waals surface area contributed by atoms with Crippen molar-refractivity contribution in [2.45, 2.75) is 6.92 Å². The van der Waals surface area contributed by atoms with Gasteiger partial charge in [-0.1, -0.05) is 30.8 Å². The van der Waals surface area contributed by atoms with Crippen LogP contribution in [-0.4, -0.2) is 107 Å². The monoisotopic (exact) mass is 572 g/mol. The summed E-state index contributed by atoms with van der Waals surface area (Å²) in [6.07, 6.45) is 1.32. The molecule has 2 amide bonds. The molecule has 3 aromatic rings. The first-order valence-electron chi connectivity index (χ1n) is 13.8. The van der Waals surface area contributed by atoms with E-state index in [1.165, 1.54) is 19.1 Å². The Hall–Kier alpha value is -4.73. The summed E-state index contributed by atoms with van der Waals surface area (Å²) in [7, 11) is 0. The highest BCUT2D eigenvalue weighted by molar-refractivity contribution is 6.09. The van der Waals surface area contributed by atoms with Gasteiger partial charge < -0.3 is 30.2 Å². The van der Waals surface area contributed by atoms with Gasteiger partial charge in [-0.15, -0.1) is 0 Å². The van der Waals surface area contributed by atoms with Crippen molar-refractivity contribution in [1.29, 1.82) is 5.26 Å². The van der Waals surface area contributed by atoms with Crippen LogP contribution in [0.1, 0.15) is 17.4 Å². The summed E-state index contributed by atoms with van der Waals surface area (Å²) >= 11 is 0. The molecule has 0 spiro atoms. The minimum atomic E-state index is -0.407. The van der Waals surface area contributed by atoms with Gasteiger partial charge >= 0.3 is 0 Å². The van der Waals surface area contributed by atoms with Crippen LogP contribution in [0.15, 0.2) is 55.1 Å². The fourth-order valence-electron chi connectivity index (χ4n) is 5.02. The van der Waals surface area contributed by atoms with Gasteiger partial charge in [0.05, 0.1) is 18.4 Å². The number of anilines is 3. The van der Waals surface area contributed by atoms with Crippen molar-refractivity contribution in [3.05, 3.63) is 60.8 Å². The molecule has 2 aromatic carbocycles. The summed E-state index contributed by atoms with van der Waals surface area (Å²) in [5.41, 5.74) is 0.705. The minimum Gasteiger partial charge on any atom is -0.508 e. The number of aliphatic hydroxyl groups is 1. The molecule has 2 saturated heterocycles. The van der Waals surface area contributed by atoms with Crippen LogP contribution in [0.2, 0.25) is 0 Å². The van der Waals surface area contributed by atoms with Crippen LogP contribution in [0.4, 0.5) is 17.5 Å². The number of aromatic hydroxyl groups is 1. The number of rotatable bonds is 7. The fourth-order valence-corrected chi connectivity index (χ4v) is 5.02. The molecule has 0 unspecified atom stereocenters. The third-order valence-electron chi connectivity index (χ3n) is 7.19. The molecule has 0 saturated carbocycles. The molecule has 2 aliphatic rings. The highest BCUT2D eigenvalue weighted by Gasteiger charge is 2.25. The zero-order chi connectivity index (χ0) is 30.1. The number of nitrogens with one attached hydrogen (secondary N) is 1. The second-order valence-corrected chi connectivity index (χ2v) is 9.87. The number of β-amino-alcohol motifs (C(OH)–C–C–N with tert-alkyl or cyclic N) is 1. The lowest BCUT2D eigenvalue weighted by Gasteiger charge is -2.37. The first kappa shape index (κ1) is 30.2. The molecule has 0 aliphatic carbocycles. The molecule has 3 N–H and O–H groups in total. The highest BCUT2D eigenvalue weighted by Crippen LogP contribution is 2.29. The van der Waals surface area contributed by atoms with Gasteiger partial charge in [-0.2, -0.15) is 10.2 Å². The molecule has 1 aromatic heterocycles. The highest BCUT2D eigenvalue weighted by atomic mass is 16.3. The van der Waals surface area contributed by atoms with Gasteiger partial charge in [0.25, 0.3) is 5.91 Å². The van der Waals surface area contributed by atoms with E-state index in [0.717, 1.165) is 23.9 Å². The lowest BCUT2D eigenvalue weighted by molar-refractivity contribution is -0.126. The summed E-state index contributed by atoms with van der Waals surface area (Å²) in [6, 6.07) is 14.1. The van der Waals surface area contributed by atoms with Crippen LogP contribution >= 0.6 is 0 Å². The number of fused-ring (bicyclic) bond motifs is 1. The van der Waals surface area contributed by atoms with Gasteiger partial charge in [-0.05, 0) is 17.5 Å². The van der Waals surface area contributed by atoms with E-state index in [2.05, 4.69) is 31.6 Å². The lowest BCUT2D eigenvalue weighted by Crippen LogP contribution is -2.49. The first-order chi connectivity index (χ1) is 20.4. The Morgan fingerprint density at radius 3 is 2.36 bits per heavy atom. The zero-order valence-corrected chi connectivity index (χ0v) is 23.7. The third-order valence-corrected chi connectivity index (χ3v) is 7.19. The standard InChI is InChI=1S/C28H33N7O4.C2H3N/c1-2-26(38)34-13-11-33(12-14-34)25-19-24(30-28(31-25)35-9-7-32(8-10-35)15-16-36)27(39)29-23-18-21(37)17-20-5-3-4-6-22(20)23;1-2-3/h2-6,17-19,36-37H,1,7-16H2,(H,29,39);1H3. The molecule has 5 rings (SSSR count). The van der Waals surface area contributed by atoms with Crippen LogP contribution in [-0.2, 0) is 4.79 Å². The van der Waals surface area contributed by atoms with Gasteiger partial charge in [0.2, 0.25) is 11.9 Å². The Morgan fingerprint density at radius 2 is 1.69 bits per heavy atom. The van der Waals surface area contributed by atoms with Gasteiger partial charge in [-0.25, -0.2) is 4.98 Å². The Labute approximate surface area is 245 Å². The second kappa shape index (κ2) is 14.2. The van der Waals surface area contributed by atoms with E-state index in [9.17, 15) is 19.8 Å². The summed E-state index contributed by atoms with van der Waals surface area (Å²) < 4.78 is 0. The van der Waals surface area contributed by atoms with Crippen molar-refractivity contribution in [2.24, 2.45) is 0 Å². The van der Waals surface area contributed by atoms with E-state index in [1.54, 1.807) is 23.1 Å². The Balaban J connectivity index is 0.00000129. The quantitative estimate of drug-likeness (QED) is 0.359. The van der Waals surface area contributed by atoms with Crippen molar-refractivity contribution < 1.29 is 19.8 Å². The number of benzene rings is 2. The number of carbonyl (C=O) groups excluding carboxylic acids is 2.